The summed E-state index contributed by atoms with van der Waals surface area (Å²) >= 11 is 5.89. The summed E-state index contributed by atoms with van der Waals surface area (Å²) in [6, 6.07) is 4.82. The molecule has 0 bridgehead atoms. The number of nitrogens with one attached hydrogen (secondary N) is 1. The molecule has 98 valence electrons. The number of nitrogens with zero attached hydrogens (tertiary/aromatic N) is 1. The zero-order valence-electron chi connectivity index (χ0n) is 11.0. The minimum Gasteiger partial charge on any atom is -0.345 e. The van der Waals surface area contributed by atoms with Crippen molar-refractivity contribution in [3.05, 3.63) is 28.8 Å². The number of carbonyl (C=O) groups is 2. The molecule has 5 heteroatoms. The zero-order valence-corrected chi connectivity index (χ0v) is 11.7. The van der Waals surface area contributed by atoms with Gasteiger partial charge in [0.15, 0.2) is 0 Å². The summed E-state index contributed by atoms with van der Waals surface area (Å²) < 4.78 is 0. The molecule has 1 rings (SSSR count). The molecule has 0 unspecified atom stereocenters. The molecule has 18 heavy (non-hydrogen) atoms. The highest BCUT2D eigenvalue weighted by Gasteiger charge is 2.16. The molecule has 0 saturated carbocycles. The van der Waals surface area contributed by atoms with Gasteiger partial charge in [0.05, 0.1) is 11.3 Å². The molecule has 1 N–H and O–H groups in total. The van der Waals surface area contributed by atoms with Gasteiger partial charge in [0.1, 0.15) is 0 Å². The van der Waals surface area contributed by atoms with Crippen LogP contribution in [0.25, 0.3) is 0 Å². The van der Waals surface area contributed by atoms with Gasteiger partial charge in [0.2, 0.25) is 5.91 Å². The van der Waals surface area contributed by atoms with Crippen LogP contribution in [0.1, 0.15) is 24.2 Å². The fraction of sp³-hybridized carbons (Fsp3) is 0.385. The van der Waals surface area contributed by atoms with Gasteiger partial charge < -0.3 is 10.2 Å². The van der Waals surface area contributed by atoms with Crippen molar-refractivity contribution in [1.82, 2.24) is 4.90 Å². The normalized spacial score (nSPS) is 10.3. The first kappa shape index (κ1) is 14.5. The molecule has 0 atom stereocenters. The third-order valence-corrected chi connectivity index (χ3v) is 2.64. The highest BCUT2D eigenvalue weighted by molar-refractivity contribution is 6.31. The highest BCUT2D eigenvalue weighted by Crippen LogP contribution is 2.22. The second-order valence-corrected chi connectivity index (χ2v) is 4.97. The summed E-state index contributed by atoms with van der Waals surface area (Å²) in [5, 5.41) is 3.19. The first-order valence-electron chi connectivity index (χ1n) is 5.65. The standard InChI is InChI=1S/C13H17ClN2O2/c1-8(2)12(17)15-11-7-9(14)5-6-10(11)13(18)16(3)4/h5-8H,1-4H3,(H,15,17). The molecule has 4 nitrogen and oxygen atoms in total. The van der Waals surface area contributed by atoms with Gasteiger partial charge in [0.25, 0.3) is 5.91 Å². The summed E-state index contributed by atoms with van der Waals surface area (Å²) in [4.78, 5) is 25.1. The van der Waals surface area contributed by atoms with Crippen LogP contribution in [0.4, 0.5) is 5.69 Å². The maximum atomic E-state index is 12.0. The van der Waals surface area contributed by atoms with Crippen LogP contribution in [0.15, 0.2) is 18.2 Å². The van der Waals surface area contributed by atoms with Crippen LogP contribution in [0, 0.1) is 5.92 Å². The number of anilines is 1. The molecule has 1 aromatic rings. The molecule has 0 aliphatic carbocycles. The van der Waals surface area contributed by atoms with Crippen molar-refractivity contribution in [2.24, 2.45) is 5.92 Å². The Kier molecular flexibility index (Phi) is 4.73. The maximum Gasteiger partial charge on any atom is 0.255 e. The lowest BCUT2D eigenvalue weighted by atomic mass is 10.1. The van der Waals surface area contributed by atoms with Crippen molar-refractivity contribution < 1.29 is 9.59 Å². The predicted octanol–water partition coefficient (Wildman–Crippen LogP) is 2.64. The number of amides is 2. The van der Waals surface area contributed by atoms with Gasteiger partial charge in [-0.3, -0.25) is 9.59 Å². The molecular weight excluding hydrogens is 252 g/mol. The molecule has 1 aromatic carbocycles. The van der Waals surface area contributed by atoms with Crippen LogP contribution in [0.2, 0.25) is 5.02 Å². The van der Waals surface area contributed by atoms with Crippen LogP contribution in [0.5, 0.6) is 0 Å². The lowest BCUT2D eigenvalue weighted by molar-refractivity contribution is -0.118. The van der Waals surface area contributed by atoms with E-state index in [4.69, 9.17) is 11.6 Å². The molecule has 0 radical (unpaired) electrons. The fourth-order valence-electron chi connectivity index (χ4n) is 1.32. The van der Waals surface area contributed by atoms with E-state index in [1.54, 1.807) is 46.1 Å². The van der Waals surface area contributed by atoms with Crippen molar-refractivity contribution in [2.45, 2.75) is 13.8 Å². The van der Waals surface area contributed by atoms with E-state index in [0.717, 1.165) is 0 Å². The van der Waals surface area contributed by atoms with E-state index in [1.165, 1.54) is 4.90 Å². The molecular formula is C13H17ClN2O2. The molecule has 0 heterocycles. The first-order valence-corrected chi connectivity index (χ1v) is 6.02. The summed E-state index contributed by atoms with van der Waals surface area (Å²) in [5.41, 5.74) is 0.873. The van der Waals surface area contributed by atoms with Gasteiger partial charge in [0, 0.05) is 25.0 Å². The van der Waals surface area contributed by atoms with E-state index < -0.39 is 0 Å². The number of benzene rings is 1. The predicted molar refractivity (Wildman–Crippen MR) is 72.9 cm³/mol. The van der Waals surface area contributed by atoms with Gasteiger partial charge in [-0.15, -0.1) is 0 Å². The topological polar surface area (TPSA) is 49.4 Å². The summed E-state index contributed by atoms with van der Waals surface area (Å²) in [5.74, 6) is -0.484. The maximum absolute atomic E-state index is 12.0. The summed E-state index contributed by atoms with van der Waals surface area (Å²) in [6.45, 7) is 3.57. The van der Waals surface area contributed by atoms with Gasteiger partial charge in [-0.2, -0.15) is 0 Å². The minimum absolute atomic E-state index is 0.148. The largest absolute Gasteiger partial charge is 0.345 e. The van der Waals surface area contributed by atoms with Crippen LogP contribution in [-0.4, -0.2) is 30.8 Å². The molecule has 0 saturated heterocycles. The second kappa shape index (κ2) is 5.87. The lowest BCUT2D eigenvalue weighted by Gasteiger charge is -2.16. The third kappa shape index (κ3) is 3.47. The molecule has 0 fully saturated rings. The zero-order chi connectivity index (χ0) is 13.9. The Morgan fingerprint density at radius 1 is 1.28 bits per heavy atom. The van der Waals surface area contributed by atoms with Gasteiger partial charge in [-0.1, -0.05) is 25.4 Å². The summed E-state index contributed by atoms with van der Waals surface area (Å²) in [6.07, 6.45) is 0. The van der Waals surface area contributed by atoms with E-state index in [-0.39, 0.29) is 17.7 Å². The average molecular weight is 269 g/mol. The monoisotopic (exact) mass is 268 g/mol. The number of hydrogen-bond donors (Lipinski definition) is 1. The molecule has 0 aliphatic heterocycles. The highest BCUT2D eigenvalue weighted by atomic mass is 35.5. The fourth-order valence-corrected chi connectivity index (χ4v) is 1.50. The SMILES string of the molecule is CC(C)C(=O)Nc1cc(Cl)ccc1C(=O)N(C)C. The van der Waals surface area contributed by atoms with Crippen molar-refractivity contribution >= 4 is 29.1 Å². The van der Waals surface area contributed by atoms with Gasteiger partial charge >= 0.3 is 0 Å². The molecule has 0 spiro atoms. The average Bonchev–Trinajstić information content (AvgIpc) is 2.28. The lowest BCUT2D eigenvalue weighted by Crippen LogP contribution is -2.25. The van der Waals surface area contributed by atoms with Crippen molar-refractivity contribution in [1.29, 1.82) is 0 Å². The number of rotatable bonds is 3. The number of halogens is 1. The van der Waals surface area contributed by atoms with Crippen LogP contribution >= 0.6 is 11.6 Å². The van der Waals surface area contributed by atoms with E-state index in [1.807, 2.05) is 0 Å². The minimum atomic E-state index is -0.175. The number of carbonyl (C=O) groups excluding carboxylic acids is 2. The molecule has 2 amide bonds. The van der Waals surface area contributed by atoms with Gasteiger partial charge in [-0.05, 0) is 18.2 Å². The van der Waals surface area contributed by atoms with Crippen LogP contribution < -0.4 is 5.32 Å². The Labute approximate surface area is 112 Å². The summed E-state index contributed by atoms with van der Waals surface area (Å²) in [7, 11) is 3.32. The van der Waals surface area contributed by atoms with Crippen molar-refractivity contribution in [2.75, 3.05) is 19.4 Å². The Balaban J connectivity index is 3.12. The van der Waals surface area contributed by atoms with Gasteiger partial charge in [-0.25, -0.2) is 0 Å². The molecule has 0 aromatic heterocycles. The van der Waals surface area contributed by atoms with E-state index in [9.17, 15) is 9.59 Å². The molecule has 0 aliphatic rings. The smallest absolute Gasteiger partial charge is 0.255 e. The first-order chi connectivity index (χ1) is 8.32. The quantitative estimate of drug-likeness (QED) is 0.916. The Morgan fingerprint density at radius 3 is 2.39 bits per heavy atom. The van der Waals surface area contributed by atoms with Crippen molar-refractivity contribution in [3.63, 3.8) is 0 Å². The van der Waals surface area contributed by atoms with Crippen molar-refractivity contribution in [3.8, 4) is 0 Å². The third-order valence-electron chi connectivity index (χ3n) is 2.40. The van der Waals surface area contributed by atoms with E-state index in [0.29, 0.717) is 16.3 Å². The Hall–Kier alpha value is -1.55. The van der Waals surface area contributed by atoms with Crippen LogP contribution in [-0.2, 0) is 4.79 Å². The van der Waals surface area contributed by atoms with Crippen LogP contribution in [0.3, 0.4) is 0 Å². The van der Waals surface area contributed by atoms with E-state index >= 15 is 0 Å². The Morgan fingerprint density at radius 2 is 1.89 bits per heavy atom. The van der Waals surface area contributed by atoms with E-state index in [2.05, 4.69) is 5.32 Å². The second-order valence-electron chi connectivity index (χ2n) is 4.53. The Bertz CT molecular complexity index is 470. The number of hydrogen-bond acceptors (Lipinski definition) is 2.